The molecule has 1 N–H and O–H groups in total. The van der Waals surface area contributed by atoms with Crippen molar-refractivity contribution in [1.82, 2.24) is 10.2 Å². The summed E-state index contributed by atoms with van der Waals surface area (Å²) in [5.74, 6) is 3.30. The smallest absolute Gasteiger partial charge is 0.194 e. The van der Waals surface area contributed by atoms with E-state index < -0.39 is 0 Å². The Bertz CT molecular complexity index is 803. The quantitative estimate of drug-likeness (QED) is 0.649. The van der Waals surface area contributed by atoms with Crippen molar-refractivity contribution in [2.24, 2.45) is 4.99 Å². The minimum Gasteiger partial charge on any atom is -0.497 e. The summed E-state index contributed by atoms with van der Waals surface area (Å²) in [7, 11) is 6.83. The Morgan fingerprint density at radius 3 is 2.26 bits per heavy atom. The zero-order valence-electron chi connectivity index (χ0n) is 16.4. The third-order valence-corrected chi connectivity index (χ3v) is 4.84. The molecule has 6 nitrogen and oxygen atoms in total. The molecule has 0 unspecified atom stereocenters. The molecule has 2 aromatic rings. The normalized spacial score (nSPS) is 13.8. The van der Waals surface area contributed by atoms with Crippen LogP contribution in [0.2, 0.25) is 0 Å². The van der Waals surface area contributed by atoms with E-state index in [1.54, 1.807) is 21.3 Å². The molecule has 0 fully saturated rings. The second-order valence-electron chi connectivity index (χ2n) is 6.40. The van der Waals surface area contributed by atoms with Crippen LogP contribution in [0.5, 0.6) is 17.2 Å². The average molecular weight is 369 g/mol. The van der Waals surface area contributed by atoms with Gasteiger partial charge in [0.05, 0.1) is 21.3 Å². The predicted octanol–water partition coefficient (Wildman–Crippen LogP) is 2.85. The second-order valence-corrected chi connectivity index (χ2v) is 6.40. The molecule has 1 heterocycles. The molecule has 0 saturated carbocycles. The largest absolute Gasteiger partial charge is 0.497 e. The number of ether oxygens (including phenoxy) is 3. The lowest BCUT2D eigenvalue weighted by atomic mass is 9.99. The highest BCUT2D eigenvalue weighted by molar-refractivity contribution is 5.80. The third kappa shape index (κ3) is 4.27. The summed E-state index contributed by atoms with van der Waals surface area (Å²) in [6.07, 6.45) is 0.943. The first kappa shape index (κ1) is 18.9. The van der Waals surface area contributed by atoms with Crippen molar-refractivity contribution < 1.29 is 14.2 Å². The summed E-state index contributed by atoms with van der Waals surface area (Å²) >= 11 is 0. The Labute approximate surface area is 160 Å². The molecule has 1 aliphatic heterocycles. The molecule has 0 saturated heterocycles. The van der Waals surface area contributed by atoms with E-state index in [9.17, 15) is 0 Å². The summed E-state index contributed by atoms with van der Waals surface area (Å²) in [5.41, 5.74) is 3.72. The van der Waals surface area contributed by atoms with E-state index in [4.69, 9.17) is 14.2 Å². The number of guanidine groups is 1. The van der Waals surface area contributed by atoms with Gasteiger partial charge in [0, 0.05) is 26.7 Å². The first-order valence-corrected chi connectivity index (χ1v) is 9.00. The number of benzene rings is 2. The summed E-state index contributed by atoms with van der Waals surface area (Å²) in [4.78, 5) is 6.72. The van der Waals surface area contributed by atoms with Crippen molar-refractivity contribution in [3.05, 3.63) is 53.1 Å². The van der Waals surface area contributed by atoms with Crippen molar-refractivity contribution in [2.45, 2.75) is 19.5 Å². The molecule has 144 valence electrons. The SMILES string of the molecule is CN=C(NCc1ccc(OC)cc1)N1CCc2cc(OC)c(OC)cc2C1. The van der Waals surface area contributed by atoms with Crippen LogP contribution in [-0.4, -0.2) is 45.8 Å². The lowest BCUT2D eigenvalue weighted by Crippen LogP contribution is -2.43. The Hall–Kier alpha value is -2.89. The van der Waals surface area contributed by atoms with Crippen LogP contribution in [0, 0.1) is 0 Å². The van der Waals surface area contributed by atoms with Crippen LogP contribution in [0.4, 0.5) is 0 Å². The summed E-state index contributed by atoms with van der Waals surface area (Å²) in [6, 6.07) is 12.2. The molecule has 2 aromatic carbocycles. The molecular weight excluding hydrogens is 342 g/mol. The van der Waals surface area contributed by atoms with Crippen molar-refractivity contribution in [3.63, 3.8) is 0 Å². The molecule has 1 aliphatic rings. The van der Waals surface area contributed by atoms with Gasteiger partial charge in [0.25, 0.3) is 0 Å². The molecule has 0 radical (unpaired) electrons. The van der Waals surface area contributed by atoms with E-state index >= 15 is 0 Å². The van der Waals surface area contributed by atoms with Crippen molar-refractivity contribution in [1.29, 1.82) is 0 Å². The van der Waals surface area contributed by atoms with Gasteiger partial charge in [-0.25, -0.2) is 0 Å². The molecule has 0 atom stereocenters. The molecule has 0 aliphatic carbocycles. The Kier molecular flexibility index (Phi) is 6.06. The Morgan fingerprint density at radius 1 is 1.00 bits per heavy atom. The fourth-order valence-corrected chi connectivity index (χ4v) is 3.32. The van der Waals surface area contributed by atoms with Crippen LogP contribution in [-0.2, 0) is 19.5 Å². The topological polar surface area (TPSA) is 55.3 Å². The fraction of sp³-hybridized carbons (Fsp3) is 0.381. The summed E-state index contributed by atoms with van der Waals surface area (Å²) in [5, 5.41) is 3.45. The predicted molar refractivity (Wildman–Crippen MR) is 107 cm³/mol. The molecule has 0 aromatic heterocycles. The van der Waals surface area contributed by atoms with Gasteiger partial charge in [-0.1, -0.05) is 12.1 Å². The maximum absolute atomic E-state index is 5.45. The number of aliphatic imine (C=N–C) groups is 1. The number of nitrogens with one attached hydrogen (secondary N) is 1. The molecule has 6 heteroatoms. The lowest BCUT2D eigenvalue weighted by molar-refractivity contribution is 0.346. The van der Waals surface area contributed by atoms with Gasteiger partial charge < -0.3 is 24.4 Å². The minimum absolute atomic E-state index is 0.714. The van der Waals surface area contributed by atoms with Gasteiger partial charge in [0.15, 0.2) is 17.5 Å². The molecule has 0 spiro atoms. The Balaban J connectivity index is 1.68. The monoisotopic (exact) mass is 369 g/mol. The van der Waals surface area contributed by atoms with Gasteiger partial charge in [-0.05, 0) is 47.4 Å². The molecular formula is C21H27N3O3. The zero-order chi connectivity index (χ0) is 19.2. The van der Waals surface area contributed by atoms with Crippen LogP contribution < -0.4 is 19.5 Å². The van der Waals surface area contributed by atoms with E-state index in [2.05, 4.69) is 39.5 Å². The second kappa shape index (κ2) is 8.66. The number of hydrogen-bond donors (Lipinski definition) is 1. The molecule has 0 bridgehead atoms. The van der Waals surface area contributed by atoms with Gasteiger partial charge >= 0.3 is 0 Å². The maximum atomic E-state index is 5.45. The first-order valence-electron chi connectivity index (χ1n) is 9.00. The van der Waals surface area contributed by atoms with Crippen LogP contribution in [0.15, 0.2) is 41.4 Å². The van der Waals surface area contributed by atoms with Crippen LogP contribution in [0.3, 0.4) is 0 Å². The highest BCUT2D eigenvalue weighted by atomic mass is 16.5. The third-order valence-electron chi connectivity index (χ3n) is 4.84. The Morgan fingerprint density at radius 2 is 1.67 bits per heavy atom. The lowest BCUT2D eigenvalue weighted by Gasteiger charge is -2.32. The van der Waals surface area contributed by atoms with Gasteiger partial charge in [-0.3, -0.25) is 4.99 Å². The van der Waals surface area contributed by atoms with Gasteiger partial charge in [0.1, 0.15) is 5.75 Å². The van der Waals surface area contributed by atoms with E-state index in [-0.39, 0.29) is 0 Å². The van der Waals surface area contributed by atoms with Crippen LogP contribution in [0.1, 0.15) is 16.7 Å². The number of methoxy groups -OCH3 is 3. The van der Waals surface area contributed by atoms with Gasteiger partial charge in [-0.15, -0.1) is 0 Å². The minimum atomic E-state index is 0.714. The summed E-state index contributed by atoms with van der Waals surface area (Å²) < 4.78 is 16.1. The maximum Gasteiger partial charge on any atom is 0.194 e. The summed E-state index contributed by atoms with van der Waals surface area (Å²) in [6.45, 7) is 2.41. The van der Waals surface area contributed by atoms with Crippen LogP contribution in [0.25, 0.3) is 0 Å². The van der Waals surface area contributed by atoms with Crippen molar-refractivity contribution >= 4 is 5.96 Å². The first-order chi connectivity index (χ1) is 13.2. The van der Waals surface area contributed by atoms with Crippen molar-refractivity contribution in [2.75, 3.05) is 34.9 Å². The number of rotatable bonds is 5. The highest BCUT2D eigenvalue weighted by Crippen LogP contribution is 2.33. The van der Waals surface area contributed by atoms with E-state index in [1.807, 2.05) is 19.2 Å². The van der Waals surface area contributed by atoms with Crippen molar-refractivity contribution in [3.8, 4) is 17.2 Å². The number of fused-ring (bicyclic) bond motifs is 1. The number of nitrogens with zero attached hydrogens (tertiary/aromatic N) is 2. The molecule has 27 heavy (non-hydrogen) atoms. The molecule has 3 rings (SSSR count). The average Bonchev–Trinajstić information content (AvgIpc) is 2.73. The standard InChI is InChI=1S/C21H27N3O3/c1-22-21(23-13-15-5-7-18(25-2)8-6-15)24-10-9-16-11-19(26-3)20(27-4)12-17(16)14-24/h5-8,11-12H,9-10,13-14H2,1-4H3,(H,22,23). The zero-order valence-corrected chi connectivity index (χ0v) is 16.4. The molecule has 0 amide bonds. The van der Waals surface area contributed by atoms with E-state index in [0.717, 1.165) is 42.7 Å². The van der Waals surface area contributed by atoms with E-state index in [1.165, 1.54) is 16.7 Å². The highest BCUT2D eigenvalue weighted by Gasteiger charge is 2.21. The van der Waals surface area contributed by atoms with Gasteiger partial charge in [0.2, 0.25) is 0 Å². The fourth-order valence-electron chi connectivity index (χ4n) is 3.32. The van der Waals surface area contributed by atoms with Crippen LogP contribution >= 0.6 is 0 Å². The number of hydrogen-bond acceptors (Lipinski definition) is 4. The van der Waals surface area contributed by atoms with E-state index in [0.29, 0.717) is 6.54 Å². The van der Waals surface area contributed by atoms with Gasteiger partial charge in [-0.2, -0.15) is 0 Å².